The molecule has 0 aliphatic carbocycles. The molecule has 0 saturated heterocycles. The molecule has 1 aromatic heterocycles. The molecule has 3 aromatic carbocycles. The molecule has 4 aromatic rings. The second-order valence-corrected chi connectivity index (χ2v) is 9.34. The Bertz CT molecular complexity index is 1520. The highest BCUT2D eigenvalue weighted by molar-refractivity contribution is 6.40. The van der Waals surface area contributed by atoms with Crippen molar-refractivity contribution in [2.45, 2.75) is 25.6 Å². The van der Waals surface area contributed by atoms with Crippen LogP contribution in [0.25, 0.3) is 10.9 Å². The molecule has 0 fully saturated rings. The average molecular weight is 558 g/mol. The van der Waals surface area contributed by atoms with E-state index in [1.807, 2.05) is 0 Å². The predicted molar refractivity (Wildman–Crippen MR) is 141 cm³/mol. The third kappa shape index (κ3) is 6.13. The topological polar surface area (TPSA) is 132 Å². The lowest BCUT2D eigenvalue weighted by atomic mass is 10.0. The van der Waals surface area contributed by atoms with E-state index in [0.717, 1.165) is 0 Å². The van der Waals surface area contributed by atoms with Gasteiger partial charge in [-0.2, -0.15) is 0 Å². The first-order valence-corrected chi connectivity index (χ1v) is 12.2. The van der Waals surface area contributed by atoms with Gasteiger partial charge in [-0.1, -0.05) is 47.5 Å². The van der Waals surface area contributed by atoms with Crippen LogP contribution in [0.15, 0.2) is 60.7 Å². The number of carboxylic acid groups (broad SMARTS) is 1. The Balaban J connectivity index is 1.43. The number of aromatic nitrogens is 1. The second kappa shape index (κ2) is 11.6. The number of hydrogen-bond acceptors (Lipinski definition) is 5. The molecule has 4 rings (SSSR count). The SMILES string of the molecule is O=C(NCc1cccc(O)c1)c1cc(Cl)c(C(=O)C[C@H](NCc2[nH]c3ccccc3c2F)C(=O)O)c(Cl)c1. The van der Waals surface area contributed by atoms with Gasteiger partial charge in [0.1, 0.15) is 11.8 Å². The molecule has 0 spiro atoms. The molecule has 0 saturated carbocycles. The van der Waals surface area contributed by atoms with E-state index < -0.39 is 35.9 Å². The largest absolute Gasteiger partial charge is 0.508 e. The van der Waals surface area contributed by atoms with Crippen LogP contribution in [0.5, 0.6) is 5.75 Å². The van der Waals surface area contributed by atoms with Crippen LogP contribution >= 0.6 is 23.2 Å². The van der Waals surface area contributed by atoms with Crippen LogP contribution in [-0.4, -0.2) is 38.9 Å². The number of amides is 1. The van der Waals surface area contributed by atoms with E-state index in [4.69, 9.17) is 23.2 Å². The maximum atomic E-state index is 14.6. The number of Topliss-reactive ketones (excluding diaryl/α,β-unsaturated/α-hetero) is 1. The molecule has 0 radical (unpaired) electrons. The van der Waals surface area contributed by atoms with Crippen molar-refractivity contribution >= 4 is 51.8 Å². The predicted octanol–water partition coefficient (Wildman–Crippen LogP) is 5.07. The minimum absolute atomic E-state index is 0.0614. The number of aromatic hydroxyl groups is 1. The molecule has 1 heterocycles. The molecule has 0 aliphatic rings. The van der Waals surface area contributed by atoms with Crippen LogP contribution in [0, 0.1) is 5.82 Å². The summed E-state index contributed by atoms with van der Waals surface area (Å²) in [6, 6.07) is 14.3. The molecular weight excluding hydrogens is 536 g/mol. The summed E-state index contributed by atoms with van der Waals surface area (Å²) in [7, 11) is 0. The number of carbonyl (C=O) groups is 3. The number of H-pyrrole nitrogens is 1. The highest BCUT2D eigenvalue weighted by Gasteiger charge is 2.26. The lowest BCUT2D eigenvalue weighted by Gasteiger charge is -2.15. The van der Waals surface area contributed by atoms with Crippen molar-refractivity contribution in [3.63, 3.8) is 0 Å². The van der Waals surface area contributed by atoms with Crippen molar-refractivity contribution in [3.05, 3.63) is 98.9 Å². The van der Waals surface area contributed by atoms with E-state index in [2.05, 4.69) is 15.6 Å². The smallest absolute Gasteiger partial charge is 0.321 e. The average Bonchev–Trinajstić information content (AvgIpc) is 3.20. The lowest BCUT2D eigenvalue weighted by Crippen LogP contribution is -2.38. The summed E-state index contributed by atoms with van der Waals surface area (Å²) in [5, 5.41) is 24.7. The number of hydrogen-bond donors (Lipinski definition) is 5. The maximum absolute atomic E-state index is 14.6. The molecule has 1 amide bonds. The van der Waals surface area contributed by atoms with Crippen molar-refractivity contribution in [3.8, 4) is 5.75 Å². The molecule has 0 bridgehead atoms. The van der Waals surface area contributed by atoms with E-state index in [1.165, 1.54) is 24.3 Å². The van der Waals surface area contributed by atoms with Gasteiger partial charge < -0.3 is 20.5 Å². The van der Waals surface area contributed by atoms with Gasteiger partial charge in [-0.25, -0.2) is 4.39 Å². The van der Waals surface area contributed by atoms with Crippen LogP contribution in [0.2, 0.25) is 10.0 Å². The highest BCUT2D eigenvalue weighted by atomic mass is 35.5. The highest BCUT2D eigenvalue weighted by Crippen LogP contribution is 2.29. The van der Waals surface area contributed by atoms with E-state index in [-0.39, 0.29) is 45.7 Å². The standard InChI is InChI=1S/C27H22Cl2FN3O5/c28-18-9-15(26(36)32-12-14-4-3-5-16(34)8-14)10-19(29)24(18)23(35)11-21(27(37)38)31-13-22-25(30)17-6-1-2-7-20(17)33-22/h1-10,21,31,33-34H,11-13H2,(H,32,36)(H,37,38)/t21-/m0/s1. The quantitative estimate of drug-likeness (QED) is 0.173. The third-order valence-corrected chi connectivity index (χ3v) is 6.47. The normalized spacial score (nSPS) is 11.9. The molecule has 8 nitrogen and oxygen atoms in total. The Labute approximate surface area is 226 Å². The van der Waals surface area contributed by atoms with E-state index in [0.29, 0.717) is 16.5 Å². The third-order valence-electron chi connectivity index (χ3n) is 5.87. The summed E-state index contributed by atoms with van der Waals surface area (Å²) < 4.78 is 14.6. The van der Waals surface area contributed by atoms with Gasteiger partial charge in [0.25, 0.3) is 5.91 Å². The summed E-state index contributed by atoms with van der Waals surface area (Å²) in [5.41, 5.74) is 1.36. The van der Waals surface area contributed by atoms with Crippen LogP contribution in [-0.2, 0) is 17.9 Å². The van der Waals surface area contributed by atoms with Crippen LogP contribution < -0.4 is 10.6 Å². The minimum Gasteiger partial charge on any atom is -0.508 e. The van der Waals surface area contributed by atoms with E-state index in [9.17, 15) is 29.0 Å². The first-order chi connectivity index (χ1) is 18.1. The molecule has 196 valence electrons. The number of fused-ring (bicyclic) bond motifs is 1. The summed E-state index contributed by atoms with van der Waals surface area (Å²) in [4.78, 5) is 40.2. The van der Waals surface area contributed by atoms with Crippen molar-refractivity contribution in [2.75, 3.05) is 0 Å². The molecular formula is C27H22Cl2FN3O5. The molecule has 1 atom stereocenters. The van der Waals surface area contributed by atoms with Crippen molar-refractivity contribution < 1.29 is 29.0 Å². The fourth-order valence-corrected chi connectivity index (χ4v) is 4.66. The number of nitrogens with one attached hydrogen (secondary N) is 3. The molecule has 0 unspecified atom stereocenters. The van der Waals surface area contributed by atoms with Gasteiger partial charge in [0.2, 0.25) is 0 Å². The maximum Gasteiger partial charge on any atom is 0.321 e. The molecule has 38 heavy (non-hydrogen) atoms. The fourth-order valence-electron chi connectivity index (χ4n) is 3.97. The Hall–Kier alpha value is -3.92. The molecule has 5 N–H and O–H groups in total. The summed E-state index contributed by atoms with van der Waals surface area (Å²) in [6.07, 6.45) is -0.514. The molecule has 0 aliphatic heterocycles. The number of halogens is 3. The van der Waals surface area contributed by atoms with Crippen molar-refractivity contribution in [2.24, 2.45) is 0 Å². The van der Waals surface area contributed by atoms with Gasteiger partial charge in [0.15, 0.2) is 11.6 Å². The molecule has 11 heteroatoms. The van der Waals surface area contributed by atoms with Gasteiger partial charge in [-0.15, -0.1) is 0 Å². The number of rotatable bonds is 10. The Morgan fingerprint density at radius 2 is 1.68 bits per heavy atom. The van der Waals surface area contributed by atoms with Gasteiger partial charge in [0.05, 0.1) is 21.3 Å². The first-order valence-electron chi connectivity index (χ1n) is 11.4. The Morgan fingerprint density at radius 3 is 2.34 bits per heavy atom. The number of benzene rings is 3. The first kappa shape index (κ1) is 27.1. The minimum atomic E-state index is -1.36. The fraction of sp³-hybridized carbons (Fsp3) is 0.148. The summed E-state index contributed by atoms with van der Waals surface area (Å²) in [6.45, 7) is -0.0311. The summed E-state index contributed by atoms with van der Waals surface area (Å²) in [5.74, 6) is -2.94. The summed E-state index contributed by atoms with van der Waals surface area (Å²) >= 11 is 12.5. The van der Waals surface area contributed by atoms with Gasteiger partial charge >= 0.3 is 5.97 Å². The number of para-hydroxylation sites is 1. The number of ketones is 1. The zero-order valence-electron chi connectivity index (χ0n) is 19.7. The number of phenolic OH excluding ortho intramolecular Hbond substituents is 1. The number of aliphatic carboxylic acids is 1. The zero-order chi connectivity index (χ0) is 27.4. The van der Waals surface area contributed by atoms with Gasteiger partial charge in [-0.05, 0) is 42.0 Å². The van der Waals surface area contributed by atoms with E-state index in [1.54, 1.807) is 36.4 Å². The van der Waals surface area contributed by atoms with Gasteiger partial charge in [-0.3, -0.25) is 19.7 Å². The van der Waals surface area contributed by atoms with Crippen LogP contribution in [0.1, 0.15) is 38.4 Å². The number of phenols is 1. The lowest BCUT2D eigenvalue weighted by molar-refractivity contribution is -0.139. The number of aromatic amines is 1. The zero-order valence-corrected chi connectivity index (χ0v) is 21.2. The number of carbonyl (C=O) groups excluding carboxylic acids is 2. The van der Waals surface area contributed by atoms with Crippen LogP contribution in [0.4, 0.5) is 4.39 Å². The van der Waals surface area contributed by atoms with Gasteiger partial charge in [0, 0.05) is 36.0 Å². The van der Waals surface area contributed by atoms with Crippen LogP contribution in [0.3, 0.4) is 0 Å². The second-order valence-electron chi connectivity index (χ2n) is 8.53. The van der Waals surface area contributed by atoms with E-state index >= 15 is 0 Å². The van der Waals surface area contributed by atoms with Crippen molar-refractivity contribution in [1.82, 2.24) is 15.6 Å². The Kier molecular flexibility index (Phi) is 8.31. The number of carboxylic acids is 1. The Morgan fingerprint density at radius 1 is 0.974 bits per heavy atom. The monoisotopic (exact) mass is 557 g/mol. The van der Waals surface area contributed by atoms with Crippen molar-refractivity contribution in [1.29, 1.82) is 0 Å².